The van der Waals surface area contributed by atoms with E-state index in [4.69, 9.17) is 9.47 Å². The van der Waals surface area contributed by atoms with Crippen molar-refractivity contribution in [3.05, 3.63) is 65.7 Å². The summed E-state index contributed by atoms with van der Waals surface area (Å²) >= 11 is 0. The van der Waals surface area contributed by atoms with E-state index in [0.29, 0.717) is 37.4 Å². The van der Waals surface area contributed by atoms with Crippen molar-refractivity contribution in [2.24, 2.45) is 0 Å². The fraction of sp³-hybridized carbons (Fsp3) is 0.286. The molecule has 0 bridgehead atoms. The summed E-state index contributed by atoms with van der Waals surface area (Å²) in [4.78, 5) is 12.1. The zero-order valence-electron chi connectivity index (χ0n) is 16.4. The average molecular weight is 453 g/mol. The third kappa shape index (κ3) is 6.58. The van der Waals surface area contributed by atoms with Crippen molar-refractivity contribution in [1.29, 1.82) is 0 Å². The van der Waals surface area contributed by atoms with Gasteiger partial charge < -0.3 is 14.2 Å². The van der Waals surface area contributed by atoms with Gasteiger partial charge in [-0.25, -0.2) is 13.2 Å². The van der Waals surface area contributed by atoms with Crippen LogP contribution < -0.4 is 4.74 Å². The zero-order valence-corrected chi connectivity index (χ0v) is 17.3. The Balaban J connectivity index is 1.56. The van der Waals surface area contributed by atoms with Crippen molar-refractivity contribution in [1.82, 2.24) is 4.31 Å². The number of morpholine rings is 1. The fourth-order valence-corrected chi connectivity index (χ4v) is 4.34. The number of benzene rings is 2. The second-order valence-corrected chi connectivity index (χ2v) is 8.49. The Morgan fingerprint density at radius 3 is 2.52 bits per heavy atom. The van der Waals surface area contributed by atoms with E-state index >= 15 is 0 Å². The molecule has 10 heteroatoms. The fourth-order valence-electron chi connectivity index (χ4n) is 2.86. The summed E-state index contributed by atoms with van der Waals surface area (Å²) in [5.74, 6) is -0.615. The predicted octanol–water partition coefficient (Wildman–Crippen LogP) is 3.07. The highest BCUT2D eigenvalue weighted by Crippen LogP contribution is 2.19. The van der Waals surface area contributed by atoms with Gasteiger partial charge >= 0.3 is 12.6 Å². The van der Waals surface area contributed by atoms with Gasteiger partial charge in [-0.1, -0.05) is 24.3 Å². The van der Waals surface area contributed by atoms with Gasteiger partial charge in [0, 0.05) is 19.2 Å². The van der Waals surface area contributed by atoms with Crippen molar-refractivity contribution in [3.63, 3.8) is 0 Å². The highest BCUT2D eigenvalue weighted by atomic mass is 32.2. The lowest BCUT2D eigenvalue weighted by Gasteiger charge is -2.26. The average Bonchev–Trinajstić information content (AvgIpc) is 2.77. The minimum Gasteiger partial charge on any atom is -0.458 e. The Kier molecular flexibility index (Phi) is 7.72. The van der Waals surface area contributed by atoms with Crippen LogP contribution in [0.1, 0.15) is 11.1 Å². The van der Waals surface area contributed by atoms with E-state index in [1.165, 1.54) is 52.9 Å². The van der Waals surface area contributed by atoms with Crippen LogP contribution in [0.4, 0.5) is 8.78 Å². The van der Waals surface area contributed by atoms with Crippen LogP contribution in [-0.2, 0) is 30.9 Å². The largest absolute Gasteiger partial charge is 0.458 e. The molecule has 166 valence electrons. The number of nitrogens with zero attached hydrogens (tertiary/aromatic N) is 1. The molecule has 0 amide bonds. The molecule has 0 aromatic heterocycles. The Labute approximate surface area is 178 Å². The zero-order chi connectivity index (χ0) is 22.3. The van der Waals surface area contributed by atoms with E-state index in [0.717, 1.165) is 0 Å². The first-order valence-corrected chi connectivity index (χ1v) is 10.9. The van der Waals surface area contributed by atoms with Crippen LogP contribution >= 0.6 is 0 Å². The minimum absolute atomic E-state index is 0.0154. The summed E-state index contributed by atoms with van der Waals surface area (Å²) in [5, 5.41) is 0. The molecule has 1 aliphatic rings. The van der Waals surface area contributed by atoms with Gasteiger partial charge in [-0.2, -0.15) is 13.1 Å². The molecule has 0 unspecified atom stereocenters. The van der Waals surface area contributed by atoms with Crippen LogP contribution in [0.5, 0.6) is 5.75 Å². The lowest BCUT2D eigenvalue weighted by molar-refractivity contribution is -0.138. The predicted molar refractivity (Wildman–Crippen MR) is 108 cm³/mol. The van der Waals surface area contributed by atoms with Crippen molar-refractivity contribution < 1.29 is 36.2 Å². The van der Waals surface area contributed by atoms with Crippen molar-refractivity contribution >= 4 is 22.1 Å². The molecule has 3 rings (SSSR count). The number of esters is 1. The number of sulfonamides is 1. The van der Waals surface area contributed by atoms with Gasteiger partial charge in [0.15, 0.2) is 0 Å². The number of carbonyl (C=O) groups is 1. The van der Waals surface area contributed by atoms with Gasteiger partial charge in [-0.15, -0.1) is 0 Å². The van der Waals surface area contributed by atoms with Gasteiger partial charge in [-0.05, 0) is 41.5 Å². The highest BCUT2D eigenvalue weighted by Gasteiger charge is 2.26. The number of hydrogen-bond acceptors (Lipinski definition) is 6. The van der Waals surface area contributed by atoms with Gasteiger partial charge in [-0.3, -0.25) is 0 Å². The van der Waals surface area contributed by atoms with E-state index < -0.39 is 22.6 Å². The number of rotatable bonds is 8. The Morgan fingerprint density at radius 2 is 1.84 bits per heavy atom. The molecular weight excluding hydrogens is 432 g/mol. The summed E-state index contributed by atoms with van der Waals surface area (Å²) in [7, 11) is -3.64. The lowest BCUT2D eigenvalue weighted by atomic mass is 10.2. The first-order chi connectivity index (χ1) is 14.8. The third-order valence-electron chi connectivity index (χ3n) is 4.40. The van der Waals surface area contributed by atoms with Crippen LogP contribution in [0.3, 0.4) is 0 Å². The monoisotopic (exact) mass is 453 g/mol. The smallest absolute Gasteiger partial charge is 0.387 e. The summed E-state index contributed by atoms with van der Waals surface area (Å²) in [6.45, 7) is -1.71. The second-order valence-electron chi connectivity index (χ2n) is 6.55. The SMILES string of the molecule is O=C(/C=C/c1ccc(OC(F)F)cc1)OCc1cccc(S(=O)(=O)N2CCOCC2)c1. The van der Waals surface area contributed by atoms with Gasteiger partial charge in [0.05, 0.1) is 18.1 Å². The Hall–Kier alpha value is -2.82. The summed E-state index contributed by atoms with van der Waals surface area (Å²) < 4.78 is 65.7. The number of hydrogen-bond donors (Lipinski definition) is 0. The first-order valence-electron chi connectivity index (χ1n) is 9.41. The minimum atomic E-state index is -3.64. The maximum Gasteiger partial charge on any atom is 0.387 e. The molecule has 0 N–H and O–H groups in total. The number of alkyl halides is 2. The molecular formula is C21H21F2NO6S. The molecule has 0 saturated carbocycles. The van der Waals surface area contributed by atoms with Crippen LogP contribution in [0.2, 0.25) is 0 Å². The Bertz CT molecular complexity index is 1020. The molecule has 2 aromatic carbocycles. The summed E-state index contributed by atoms with van der Waals surface area (Å²) in [5.41, 5.74) is 1.13. The second kappa shape index (κ2) is 10.5. The van der Waals surface area contributed by atoms with Crippen LogP contribution in [0, 0.1) is 0 Å². The molecule has 31 heavy (non-hydrogen) atoms. The number of halogens is 2. The first kappa shape index (κ1) is 22.9. The quantitative estimate of drug-likeness (QED) is 0.451. The maximum absolute atomic E-state index is 12.7. The van der Waals surface area contributed by atoms with Crippen LogP contribution in [0.25, 0.3) is 6.08 Å². The summed E-state index contributed by atoms with van der Waals surface area (Å²) in [6.07, 6.45) is 2.66. The molecule has 0 aliphatic carbocycles. The van der Waals surface area contributed by atoms with E-state index in [9.17, 15) is 22.0 Å². The Morgan fingerprint density at radius 1 is 1.13 bits per heavy atom. The van der Waals surface area contributed by atoms with E-state index in [1.807, 2.05) is 0 Å². The van der Waals surface area contributed by atoms with Crippen molar-refractivity contribution in [2.45, 2.75) is 18.1 Å². The standard InChI is InChI=1S/C21H21F2NO6S/c22-21(23)30-18-7-4-16(5-8-18)6-9-20(25)29-15-17-2-1-3-19(14-17)31(26,27)24-10-12-28-13-11-24/h1-9,14,21H,10-13,15H2/b9-6+. The molecule has 2 aromatic rings. The van der Waals surface area contributed by atoms with Crippen molar-refractivity contribution in [3.8, 4) is 5.75 Å². The molecule has 1 aliphatic heterocycles. The molecule has 0 radical (unpaired) electrons. The summed E-state index contributed by atoms with van der Waals surface area (Å²) in [6, 6.07) is 12.0. The molecule has 1 heterocycles. The van der Waals surface area contributed by atoms with Gasteiger partial charge in [0.2, 0.25) is 10.0 Å². The topological polar surface area (TPSA) is 82.1 Å². The van der Waals surface area contributed by atoms with Crippen LogP contribution in [0.15, 0.2) is 59.5 Å². The number of carbonyl (C=O) groups excluding carboxylic acids is 1. The van der Waals surface area contributed by atoms with E-state index in [-0.39, 0.29) is 17.3 Å². The molecule has 1 fully saturated rings. The maximum atomic E-state index is 12.7. The highest BCUT2D eigenvalue weighted by molar-refractivity contribution is 7.89. The van der Waals surface area contributed by atoms with Crippen molar-refractivity contribution in [2.75, 3.05) is 26.3 Å². The third-order valence-corrected chi connectivity index (χ3v) is 6.30. The molecule has 7 nitrogen and oxygen atoms in total. The lowest BCUT2D eigenvalue weighted by Crippen LogP contribution is -2.40. The van der Waals surface area contributed by atoms with E-state index in [2.05, 4.69) is 4.74 Å². The van der Waals surface area contributed by atoms with Gasteiger partial charge in [0.1, 0.15) is 12.4 Å². The molecule has 1 saturated heterocycles. The van der Waals surface area contributed by atoms with Crippen LogP contribution in [-0.4, -0.2) is 51.6 Å². The number of ether oxygens (including phenoxy) is 3. The van der Waals surface area contributed by atoms with Gasteiger partial charge in [0.25, 0.3) is 0 Å². The normalized spacial score (nSPS) is 15.3. The molecule has 0 atom stereocenters. The molecule has 0 spiro atoms. The van der Waals surface area contributed by atoms with E-state index in [1.54, 1.807) is 12.1 Å².